The molecule has 0 amide bonds. The van der Waals surface area contributed by atoms with E-state index >= 15 is 0 Å². The molecular weight excluding hydrogens is 1430 g/mol. The number of rotatable bonds is 81. The molecule has 0 aliphatic rings. The molecule has 0 heterocycles. The third kappa shape index (κ3) is 81.2. The number of aliphatic hydroxyl groups excluding tert-OH is 1. The summed E-state index contributed by atoms with van der Waals surface area (Å²) in [5.74, 6) is -2.21. The summed E-state index contributed by atoms with van der Waals surface area (Å²) in [6, 6.07) is 0. The molecule has 19 heteroatoms. The molecule has 17 nitrogen and oxygen atoms in total. The lowest BCUT2D eigenvalue weighted by Crippen LogP contribution is -2.30. The lowest BCUT2D eigenvalue weighted by atomic mass is 10.0. The molecule has 0 aliphatic heterocycles. The van der Waals surface area contributed by atoms with Gasteiger partial charge < -0.3 is 33.8 Å². The summed E-state index contributed by atoms with van der Waals surface area (Å²) < 4.78 is 68.9. The van der Waals surface area contributed by atoms with Crippen LogP contribution in [0.1, 0.15) is 362 Å². The number of allylic oxidation sites excluding steroid dienone is 22. The Kier molecular flexibility index (Phi) is 78.6. The van der Waals surface area contributed by atoms with Crippen molar-refractivity contribution in [2.75, 3.05) is 39.6 Å². The van der Waals surface area contributed by atoms with Crippen LogP contribution in [0.25, 0.3) is 0 Å². The Balaban J connectivity index is 5.41. The summed E-state index contributed by atoms with van der Waals surface area (Å²) >= 11 is 0. The van der Waals surface area contributed by atoms with E-state index in [0.29, 0.717) is 25.7 Å². The van der Waals surface area contributed by atoms with Gasteiger partial charge >= 0.3 is 39.5 Å². The maximum Gasteiger partial charge on any atom is 0.472 e. The molecule has 3 N–H and O–H groups in total. The molecule has 0 spiro atoms. The number of hydrogen-bond acceptors (Lipinski definition) is 15. The molecule has 0 saturated heterocycles. The van der Waals surface area contributed by atoms with Gasteiger partial charge in [-0.05, 0) is 141 Å². The van der Waals surface area contributed by atoms with E-state index in [2.05, 4.69) is 161 Å². The summed E-state index contributed by atoms with van der Waals surface area (Å²) in [5.41, 5.74) is 0. The smallest absolute Gasteiger partial charge is 0.462 e. The van der Waals surface area contributed by atoms with Crippen molar-refractivity contribution in [2.24, 2.45) is 0 Å². The molecule has 5 unspecified atom stereocenters. The van der Waals surface area contributed by atoms with Gasteiger partial charge in [-0.2, -0.15) is 0 Å². The highest BCUT2D eigenvalue weighted by molar-refractivity contribution is 7.47. The highest BCUT2D eigenvalue weighted by atomic mass is 31.2. The van der Waals surface area contributed by atoms with E-state index in [1.54, 1.807) is 0 Å². The molecule has 0 bridgehead atoms. The average Bonchev–Trinajstić information content (AvgIpc) is 0.899. The van der Waals surface area contributed by atoms with Crippen LogP contribution in [0.15, 0.2) is 134 Å². The van der Waals surface area contributed by atoms with Gasteiger partial charge in [-0.1, -0.05) is 328 Å². The van der Waals surface area contributed by atoms with E-state index in [1.807, 2.05) is 0 Å². The van der Waals surface area contributed by atoms with Crippen LogP contribution in [0.2, 0.25) is 0 Å². The minimum absolute atomic E-state index is 0.0615. The third-order valence-electron chi connectivity index (χ3n) is 18.1. The molecule has 0 aliphatic carbocycles. The van der Waals surface area contributed by atoms with Crippen LogP contribution in [-0.2, 0) is 65.4 Å². The first-order chi connectivity index (χ1) is 53.7. The van der Waals surface area contributed by atoms with E-state index in [-0.39, 0.29) is 25.7 Å². The highest BCUT2D eigenvalue weighted by Gasteiger charge is 2.30. The van der Waals surface area contributed by atoms with Crippen molar-refractivity contribution in [1.82, 2.24) is 0 Å². The number of hydrogen-bond donors (Lipinski definition) is 3. The van der Waals surface area contributed by atoms with Gasteiger partial charge in [0.05, 0.1) is 26.4 Å². The van der Waals surface area contributed by atoms with Crippen LogP contribution in [0.4, 0.5) is 0 Å². The second-order valence-corrected chi connectivity index (χ2v) is 31.6. The predicted molar refractivity (Wildman–Crippen MR) is 454 cm³/mol. The third-order valence-corrected chi connectivity index (χ3v) is 20.0. The molecular formula is C91H156O17P2. The largest absolute Gasteiger partial charge is 0.472 e. The van der Waals surface area contributed by atoms with Gasteiger partial charge in [0, 0.05) is 25.7 Å². The summed E-state index contributed by atoms with van der Waals surface area (Å²) in [6.45, 7) is 4.62. The predicted octanol–water partition coefficient (Wildman–Crippen LogP) is 26.0. The van der Waals surface area contributed by atoms with Gasteiger partial charge in [0.15, 0.2) is 12.2 Å². The average molecular weight is 1580 g/mol. The maximum absolute atomic E-state index is 13.1. The van der Waals surface area contributed by atoms with E-state index in [9.17, 15) is 43.2 Å². The van der Waals surface area contributed by atoms with Crippen molar-refractivity contribution in [3.8, 4) is 0 Å². The normalized spacial score (nSPS) is 14.4. The van der Waals surface area contributed by atoms with Gasteiger partial charge in [0.2, 0.25) is 0 Å². The van der Waals surface area contributed by atoms with Gasteiger partial charge in [-0.25, -0.2) is 9.13 Å². The van der Waals surface area contributed by atoms with Crippen LogP contribution < -0.4 is 0 Å². The highest BCUT2D eigenvalue weighted by Crippen LogP contribution is 2.45. The molecule has 632 valence electrons. The molecule has 0 radical (unpaired) electrons. The minimum Gasteiger partial charge on any atom is -0.462 e. The zero-order chi connectivity index (χ0) is 80.3. The van der Waals surface area contributed by atoms with Gasteiger partial charge in [0.1, 0.15) is 19.3 Å². The van der Waals surface area contributed by atoms with E-state index < -0.39 is 97.5 Å². The quantitative estimate of drug-likeness (QED) is 0.0169. The topological polar surface area (TPSA) is 237 Å². The molecule has 110 heavy (non-hydrogen) atoms. The first-order valence-electron chi connectivity index (χ1n) is 43.4. The summed E-state index contributed by atoms with van der Waals surface area (Å²) in [4.78, 5) is 73.3. The zero-order valence-electron chi connectivity index (χ0n) is 69.4. The lowest BCUT2D eigenvalue weighted by Gasteiger charge is -2.21. The lowest BCUT2D eigenvalue weighted by molar-refractivity contribution is -0.161. The molecule has 0 saturated carbocycles. The van der Waals surface area contributed by atoms with Crippen LogP contribution in [0.5, 0.6) is 0 Å². The van der Waals surface area contributed by atoms with Crippen molar-refractivity contribution in [3.63, 3.8) is 0 Å². The minimum atomic E-state index is -5.00. The Labute approximate surface area is 669 Å². The number of esters is 4. The van der Waals surface area contributed by atoms with Crippen LogP contribution in [-0.4, -0.2) is 96.7 Å². The number of phosphoric ester groups is 2. The first-order valence-corrected chi connectivity index (χ1v) is 46.4. The molecule has 5 atom stereocenters. The Morgan fingerprint density at radius 1 is 0.264 bits per heavy atom. The van der Waals surface area contributed by atoms with Crippen molar-refractivity contribution in [2.45, 2.75) is 380 Å². The molecule has 0 aromatic heterocycles. The molecule has 0 aromatic carbocycles. The Morgan fingerprint density at radius 3 is 0.745 bits per heavy atom. The van der Waals surface area contributed by atoms with E-state index in [1.165, 1.54) is 83.5 Å². The monoisotopic (exact) mass is 1580 g/mol. The number of ether oxygens (including phenoxy) is 4. The number of carbonyl (C=O) groups is 4. The molecule has 0 aromatic rings. The number of carbonyl (C=O) groups excluding carboxylic acids is 4. The molecule has 0 fully saturated rings. The van der Waals surface area contributed by atoms with Crippen LogP contribution in [0.3, 0.4) is 0 Å². The maximum atomic E-state index is 13.1. The Bertz CT molecular complexity index is 2600. The summed E-state index contributed by atoms with van der Waals surface area (Å²) in [5, 5.41) is 10.7. The van der Waals surface area contributed by atoms with Crippen molar-refractivity contribution >= 4 is 39.5 Å². The number of aliphatic hydroxyl groups is 1. The first kappa shape index (κ1) is 105. The summed E-state index contributed by atoms with van der Waals surface area (Å²) in [7, 11) is -9.98. The van der Waals surface area contributed by atoms with E-state index in [4.69, 9.17) is 37.0 Å². The fraction of sp³-hybridized carbons (Fsp3) is 0.714. The number of phosphoric acid groups is 2. The van der Waals surface area contributed by atoms with Crippen molar-refractivity contribution < 1.29 is 80.2 Å². The standard InChI is InChI=1S/C91H156O17P2/c1-5-9-13-17-21-25-29-33-37-40-42-45-48-51-55-59-63-67-71-75-88(93)101-81-86(107-90(95)77-73-69-65-61-57-53-47-36-32-28-24-20-16-12-8-4)83-105-109(97,98)103-79-85(92)80-104-110(99,100)106-84-87(108-91(96)78-74-70-66-62-58-54-50-44-39-35-31-27-23-19-15-11-7-3)82-102-89(94)76-72-68-64-60-56-52-49-46-43-41-38-34-30-26-22-18-14-10-6-2/h9,11,13,15,21-23,25-27,33-35,37-39,42-43,45-46,50,54,85-87,92H,5-8,10,12,14,16-20,24,28-32,36,40-41,44,47-49,51-53,55-84H2,1-4H3,(H,97,98)(H,99,100)/b13-9-,15-11-,25-21-,26-22-,27-23-,37-33-,38-34-,39-35-,45-42-,46-43-,54-50-. The Hall–Kier alpha value is -4.80. The van der Waals surface area contributed by atoms with Crippen molar-refractivity contribution in [3.05, 3.63) is 134 Å². The number of unbranched alkanes of at least 4 members (excludes halogenated alkanes) is 33. The SMILES string of the molecule is CC/C=C\C/C=C\C/C=C\C/C=C\CCCCCCCCC(=O)OCC(COP(=O)(O)OCC(O)COP(=O)(O)OCC(COC(=O)CCCCCCCC/C=C\C/C=C\C/C=C\CCCCC)OC(=O)CCCCCC/C=C\C/C=C\C/C=C\C/C=C\CC)OC(=O)CCCCCCCCCCCCCCCCC. The van der Waals surface area contributed by atoms with Gasteiger partial charge in [0.25, 0.3) is 0 Å². The van der Waals surface area contributed by atoms with E-state index in [0.717, 1.165) is 199 Å². The Morgan fingerprint density at radius 2 is 0.473 bits per heavy atom. The van der Waals surface area contributed by atoms with Crippen molar-refractivity contribution in [1.29, 1.82) is 0 Å². The zero-order valence-corrected chi connectivity index (χ0v) is 71.2. The fourth-order valence-corrected chi connectivity index (χ4v) is 13.1. The second-order valence-electron chi connectivity index (χ2n) is 28.7. The van der Waals surface area contributed by atoms with Crippen LogP contribution >= 0.6 is 15.6 Å². The second kappa shape index (κ2) is 82.2. The summed E-state index contributed by atoms with van der Waals surface area (Å²) in [6.07, 6.45) is 94.0. The fourth-order valence-electron chi connectivity index (χ4n) is 11.6. The van der Waals surface area contributed by atoms with Gasteiger partial charge in [-0.15, -0.1) is 0 Å². The van der Waals surface area contributed by atoms with Crippen LogP contribution in [0, 0.1) is 0 Å². The van der Waals surface area contributed by atoms with Gasteiger partial charge in [-0.3, -0.25) is 37.3 Å². The molecule has 0 rings (SSSR count).